The summed E-state index contributed by atoms with van der Waals surface area (Å²) in [5, 5.41) is 20.4. The zero-order valence-corrected chi connectivity index (χ0v) is 77.5. The van der Waals surface area contributed by atoms with E-state index >= 15 is 0 Å². The summed E-state index contributed by atoms with van der Waals surface area (Å²) in [6, 6.07) is 24.9. The summed E-state index contributed by atoms with van der Waals surface area (Å²) in [4.78, 5) is 179. The molecule has 8 rings (SSSR count). The number of hydrogen-bond donors (Lipinski definition) is 6. The first-order chi connectivity index (χ1) is 61.5. The number of rotatable bonds is 61. The number of ketones is 5. The summed E-state index contributed by atoms with van der Waals surface area (Å²) in [7, 11) is 0. The minimum atomic E-state index is -0.970. The highest BCUT2D eigenvalue weighted by atomic mass is 32.1. The fourth-order valence-electron chi connectivity index (χ4n) is 15.8. The van der Waals surface area contributed by atoms with Crippen LogP contribution >= 0.6 is 11.3 Å². The normalized spacial score (nSPS) is 12.4. The number of unbranched alkanes of at least 4 members (excludes halogenated alkanes) is 30. The van der Waals surface area contributed by atoms with Crippen LogP contribution in [0.15, 0.2) is 119 Å². The fraction of sp³-hybridized carbons (Fsp3) is 0.549. The van der Waals surface area contributed by atoms with Crippen molar-refractivity contribution in [2.45, 2.75) is 349 Å². The van der Waals surface area contributed by atoms with Gasteiger partial charge in [0.1, 0.15) is 45.0 Å². The van der Waals surface area contributed by atoms with Crippen molar-refractivity contribution in [1.29, 1.82) is 5.26 Å². The van der Waals surface area contributed by atoms with Gasteiger partial charge in [0, 0.05) is 92.5 Å². The molecule has 0 aliphatic rings. The van der Waals surface area contributed by atoms with E-state index < -0.39 is 76.4 Å². The van der Waals surface area contributed by atoms with Gasteiger partial charge in [-0.3, -0.25) is 52.7 Å². The Labute approximate surface area is 757 Å². The van der Waals surface area contributed by atoms with E-state index in [9.17, 15) is 72.4 Å². The zero-order chi connectivity index (χ0) is 93.3. The highest BCUT2D eigenvalue weighted by molar-refractivity contribution is 7.21. The third-order valence-corrected chi connectivity index (χ3v) is 24.3. The number of nitrogens with two attached hydrogens (primary N) is 3. The lowest BCUT2D eigenvalue weighted by molar-refractivity contribution is -0.134. The lowest BCUT2D eigenvalue weighted by Gasteiger charge is -2.19. The van der Waals surface area contributed by atoms with Crippen LogP contribution in [-0.2, 0) is 72.0 Å². The summed E-state index contributed by atoms with van der Waals surface area (Å²) in [5.74, 6) is -6.30. The molecule has 0 fully saturated rings. The number of nitriles is 1. The smallest absolute Gasteiger partial charge is 0.348 e. The third kappa shape index (κ3) is 38.9. The van der Waals surface area contributed by atoms with E-state index in [0.717, 1.165) is 90.8 Å². The first-order valence-corrected chi connectivity index (χ1v) is 47.6. The van der Waals surface area contributed by atoms with Crippen molar-refractivity contribution in [2.24, 2.45) is 29.0 Å². The number of Topliss-reactive ketones (excluding diaryl/α,β-unsaturated/α-hetero) is 5. The van der Waals surface area contributed by atoms with E-state index in [1.807, 2.05) is 38.1 Å². The van der Waals surface area contributed by atoms with Crippen molar-refractivity contribution in [1.82, 2.24) is 20.9 Å². The van der Waals surface area contributed by atoms with Gasteiger partial charge in [-0.2, -0.15) is 5.26 Å². The number of carbonyl (C=O) groups is 11. The number of para-hydroxylation sites is 1. The number of thiazole rings is 1. The van der Waals surface area contributed by atoms with Crippen molar-refractivity contribution in [2.75, 3.05) is 0 Å². The SMILES string of the molecule is CCCCCCCCCCCCCC(=O)C[C@H](CC(N)=O)C(=O)N[C@@H](C)C(=O)Cc1ccc2c(C#N)c(-c3nc4ccccc4s3)c(=O)oc2c1.CCCCCCCCCCCCCC(=O)C[C@H](CC(N)=O)C(=O)N[C@@H](C)C(=O)Cc1ccc2c(C)cc(=O)oc2c1.CCCCCCCCCCCCCC(=O)N[C@H](CC(N)=O)C(=O)Cc1ccc2c(C)cc(=O)oc2c1. The van der Waals surface area contributed by atoms with E-state index in [4.69, 9.17) is 30.5 Å². The Bertz CT molecular complexity index is 5170. The molecule has 0 radical (unpaired) electrons. The van der Waals surface area contributed by atoms with E-state index in [1.165, 1.54) is 184 Å². The predicted molar refractivity (Wildman–Crippen MR) is 504 cm³/mol. The number of amides is 6. The largest absolute Gasteiger partial charge is 0.423 e. The van der Waals surface area contributed by atoms with Gasteiger partial charge in [-0.05, 0) is 111 Å². The molecule has 4 aromatic carbocycles. The summed E-state index contributed by atoms with van der Waals surface area (Å²) < 4.78 is 17.0. The standard InChI is InChI=1S/C40H48N4O6S.C33H48N2O6.C29H42N2O5/c1-3-4-5-6-7-8-9-10-11-12-13-16-29(45)23-28(24-36(42)47)38(48)43-26(2)33(46)21-27-19-20-30-31(25-41)37(40(49)50-34(30)22-27)39-44-32-17-14-15-18-35(32)51-39;1-4-5-6-7-8-9-10-11-12-13-14-15-27(36)21-26(22-31(34)38)33(40)35-24(3)29(37)19-25-16-17-28-23(2)18-32(39)41-30(28)20-25;1-3-4-5-6-7-8-9-10-11-12-13-14-28(34)31-24(20-27(30)33)25(32)18-22-15-16-23-21(2)17-29(35)36-26(23)19-22/h14-15,17-20,22,26,28H,3-13,16,21,23-24H2,1-2H3,(H2,42,47)(H,43,48);16-18,20,24,26H,4-15,19,21-22H2,1-3H3,(H2,34,38)(H,35,40);15-17,19,24H,3-14,18,20H2,1-2H3,(H2,30,33)(H,31,34)/t26-,28+;24-,26+;24-/m001/s1. The van der Waals surface area contributed by atoms with Crippen LogP contribution in [0.1, 0.15) is 331 Å². The molecule has 0 spiro atoms. The molecule has 4 heterocycles. The molecule has 0 unspecified atom stereocenters. The molecule has 4 aromatic heterocycles. The maximum absolute atomic E-state index is 13.2. The Balaban J connectivity index is 0.000000301. The van der Waals surface area contributed by atoms with E-state index in [-0.39, 0.29) is 103 Å². The van der Waals surface area contributed by atoms with Crippen LogP contribution < -0.4 is 50.0 Å². The first kappa shape index (κ1) is 106. The van der Waals surface area contributed by atoms with Crippen LogP contribution in [0.25, 0.3) is 53.7 Å². The monoisotopic (exact) mass is 1780 g/mol. The van der Waals surface area contributed by atoms with Crippen LogP contribution in [-0.4, -0.2) is 87.5 Å². The topological polar surface area (TPSA) is 429 Å². The van der Waals surface area contributed by atoms with Gasteiger partial charge >= 0.3 is 16.9 Å². The molecule has 25 nitrogen and oxygen atoms in total. The molecule has 0 saturated carbocycles. The number of hydrogen-bond acceptors (Lipinski definition) is 20. The number of nitrogens with zero attached hydrogens (tertiary/aromatic N) is 2. The van der Waals surface area contributed by atoms with Gasteiger partial charge in [-0.25, -0.2) is 19.4 Å². The minimum absolute atomic E-state index is 0.00966. The lowest BCUT2D eigenvalue weighted by Crippen LogP contribution is -2.44. The molecule has 0 bridgehead atoms. The van der Waals surface area contributed by atoms with Crippen molar-refractivity contribution in [3.8, 4) is 16.6 Å². The van der Waals surface area contributed by atoms with Gasteiger partial charge < -0.3 is 46.4 Å². The molecule has 0 aliphatic heterocycles. The van der Waals surface area contributed by atoms with Gasteiger partial charge in [0.2, 0.25) is 35.4 Å². The Morgan fingerprint density at radius 2 is 0.766 bits per heavy atom. The second-order valence-corrected chi connectivity index (χ2v) is 35.5. The quantitative estimate of drug-likeness (QED) is 0.0152. The highest BCUT2D eigenvalue weighted by Crippen LogP contribution is 2.34. The predicted octanol–water partition coefficient (Wildman–Crippen LogP) is 18.9. The Hall–Kier alpha value is -10.9. The molecule has 0 saturated heterocycles. The van der Waals surface area contributed by atoms with Crippen LogP contribution in [0.3, 0.4) is 0 Å². The Morgan fingerprint density at radius 1 is 0.414 bits per heavy atom. The van der Waals surface area contributed by atoms with Crippen LogP contribution in [0.5, 0.6) is 0 Å². The number of aromatic nitrogens is 1. The Kier molecular flexibility index (Phi) is 48.4. The summed E-state index contributed by atoms with van der Waals surface area (Å²) in [6.45, 7) is 13.4. The van der Waals surface area contributed by atoms with Gasteiger partial charge in [0.15, 0.2) is 17.3 Å². The molecule has 128 heavy (non-hydrogen) atoms. The van der Waals surface area contributed by atoms with Gasteiger partial charge in [-0.1, -0.05) is 256 Å². The van der Waals surface area contributed by atoms with Crippen LogP contribution in [0.4, 0.5) is 0 Å². The maximum Gasteiger partial charge on any atom is 0.348 e. The summed E-state index contributed by atoms with van der Waals surface area (Å²) >= 11 is 1.29. The van der Waals surface area contributed by atoms with Gasteiger partial charge in [0.25, 0.3) is 0 Å². The average molecular weight is 1780 g/mol. The molecule has 6 amide bonds. The maximum atomic E-state index is 13.2. The van der Waals surface area contributed by atoms with Gasteiger partial charge in [0.05, 0.1) is 52.2 Å². The number of carbonyl (C=O) groups excluding carboxylic acids is 11. The average Bonchev–Trinajstić information content (AvgIpc) is 1.45. The highest BCUT2D eigenvalue weighted by Gasteiger charge is 2.30. The molecule has 8 aromatic rings. The molecule has 9 N–H and O–H groups in total. The number of fused-ring (bicyclic) bond motifs is 4. The first-order valence-electron chi connectivity index (χ1n) is 46.8. The fourth-order valence-corrected chi connectivity index (χ4v) is 16.9. The zero-order valence-electron chi connectivity index (χ0n) is 76.6. The van der Waals surface area contributed by atoms with E-state index in [1.54, 1.807) is 55.5 Å². The number of aryl methyl sites for hydroxylation is 2. The molecule has 5 atom stereocenters. The van der Waals surface area contributed by atoms with Crippen LogP contribution in [0.2, 0.25) is 0 Å². The van der Waals surface area contributed by atoms with Crippen molar-refractivity contribution >= 4 is 119 Å². The van der Waals surface area contributed by atoms with Crippen molar-refractivity contribution in [3.05, 3.63) is 156 Å². The molecule has 26 heteroatoms. The second-order valence-electron chi connectivity index (χ2n) is 34.5. The number of primary amides is 3. The Morgan fingerprint density at radius 3 is 1.14 bits per heavy atom. The molecular formula is C102H138N8O17S. The van der Waals surface area contributed by atoms with E-state index in [2.05, 4.69) is 47.8 Å². The molecule has 0 aliphatic carbocycles. The van der Waals surface area contributed by atoms with E-state index in [0.29, 0.717) is 63.0 Å². The lowest BCUT2D eigenvalue weighted by atomic mass is 9.94. The third-order valence-electron chi connectivity index (χ3n) is 23.3. The van der Waals surface area contributed by atoms with Crippen molar-refractivity contribution in [3.63, 3.8) is 0 Å². The second kappa shape index (κ2) is 58.5. The van der Waals surface area contributed by atoms with Crippen molar-refractivity contribution < 1.29 is 66.0 Å². The summed E-state index contributed by atoms with van der Waals surface area (Å²) in [6.07, 6.45) is 39.0. The molecule has 694 valence electrons. The number of nitrogens with one attached hydrogen (secondary N) is 3. The number of benzene rings is 4. The van der Waals surface area contributed by atoms with Crippen LogP contribution in [0, 0.1) is 37.0 Å². The molecular weight excluding hydrogens is 1640 g/mol. The minimum Gasteiger partial charge on any atom is -0.423 e. The summed E-state index contributed by atoms with van der Waals surface area (Å²) in [5.41, 5.74) is 19.7. The van der Waals surface area contributed by atoms with Gasteiger partial charge in [-0.15, -0.1) is 11.3 Å².